The lowest BCUT2D eigenvalue weighted by atomic mass is 9.84. The molecule has 1 aromatic carbocycles. The third kappa shape index (κ3) is 2.95. The fourth-order valence-corrected chi connectivity index (χ4v) is 5.67. The topological polar surface area (TPSA) is 67.9 Å². The summed E-state index contributed by atoms with van der Waals surface area (Å²) >= 11 is 1.46. The third-order valence-electron chi connectivity index (χ3n) is 6.19. The molecular formula is C22H23N3O3S. The van der Waals surface area contributed by atoms with Crippen molar-refractivity contribution < 1.29 is 14.1 Å². The summed E-state index contributed by atoms with van der Waals surface area (Å²) < 4.78 is 11.5. The molecule has 3 aliphatic rings. The second kappa shape index (κ2) is 6.85. The Morgan fingerprint density at radius 2 is 1.97 bits per heavy atom. The van der Waals surface area contributed by atoms with E-state index < -0.39 is 0 Å². The largest absolute Gasteiger partial charge is 0.365 e. The molecule has 0 saturated carbocycles. The predicted molar refractivity (Wildman–Crippen MR) is 112 cm³/mol. The molecule has 150 valence electrons. The van der Waals surface area contributed by atoms with Crippen LogP contribution in [0.1, 0.15) is 47.9 Å². The van der Waals surface area contributed by atoms with Gasteiger partial charge in [0.15, 0.2) is 5.17 Å². The van der Waals surface area contributed by atoms with E-state index in [1.807, 2.05) is 20.8 Å². The summed E-state index contributed by atoms with van der Waals surface area (Å²) in [6.45, 7) is 8.05. The number of ether oxygens (including phenoxy) is 1. The maximum atomic E-state index is 12.6. The van der Waals surface area contributed by atoms with Gasteiger partial charge in [0.2, 0.25) is 0 Å². The van der Waals surface area contributed by atoms with Gasteiger partial charge in [0.1, 0.15) is 5.76 Å². The molecule has 3 aliphatic heterocycles. The van der Waals surface area contributed by atoms with Crippen LogP contribution in [0.4, 0.5) is 0 Å². The maximum absolute atomic E-state index is 12.6. The van der Waals surface area contributed by atoms with E-state index in [0.29, 0.717) is 11.5 Å². The number of rotatable bonds is 1. The number of hydrogen-bond donors (Lipinski definition) is 0. The number of carbonyl (C=O) groups is 1. The van der Waals surface area contributed by atoms with Crippen LogP contribution < -0.4 is 0 Å². The summed E-state index contributed by atoms with van der Waals surface area (Å²) in [6.07, 6.45) is 1.80. The lowest BCUT2D eigenvalue weighted by molar-refractivity contribution is -0.113. The summed E-state index contributed by atoms with van der Waals surface area (Å²) in [5.74, 6) is 0.552. The molecule has 7 heteroatoms. The molecule has 1 amide bonds. The number of allylic oxidation sites excluding steroid dienone is 1. The van der Waals surface area contributed by atoms with Gasteiger partial charge >= 0.3 is 0 Å². The standard InChI is InChI=1S/C22H23N3O3S/c1-13(18-14(2)24-28-15(18)3)19-20(26)23-21(29-19)25-10-8-22(9-11-25)17-7-5-4-6-16(17)12-27-22/h4-7H,8-12H2,1-3H3/b19-13-. The van der Waals surface area contributed by atoms with Crippen molar-refractivity contribution in [2.24, 2.45) is 4.99 Å². The van der Waals surface area contributed by atoms with Gasteiger partial charge in [-0.2, -0.15) is 4.99 Å². The first kappa shape index (κ1) is 18.6. The molecular weight excluding hydrogens is 386 g/mol. The Balaban J connectivity index is 1.34. The van der Waals surface area contributed by atoms with E-state index >= 15 is 0 Å². The van der Waals surface area contributed by atoms with Crippen molar-refractivity contribution in [3.05, 3.63) is 57.3 Å². The fourth-order valence-electron chi connectivity index (χ4n) is 4.66. The second-order valence-electron chi connectivity index (χ2n) is 7.88. The van der Waals surface area contributed by atoms with E-state index in [0.717, 1.165) is 53.7 Å². The Hall–Kier alpha value is -2.38. The predicted octanol–water partition coefficient (Wildman–Crippen LogP) is 4.17. The molecule has 0 aliphatic carbocycles. The Morgan fingerprint density at radius 3 is 2.69 bits per heavy atom. The first-order valence-electron chi connectivity index (χ1n) is 9.91. The van der Waals surface area contributed by atoms with Gasteiger partial charge in [0, 0.05) is 18.7 Å². The molecule has 0 radical (unpaired) electrons. The van der Waals surface area contributed by atoms with Gasteiger partial charge in [-0.25, -0.2) is 0 Å². The van der Waals surface area contributed by atoms with E-state index in [9.17, 15) is 4.79 Å². The highest BCUT2D eigenvalue weighted by molar-refractivity contribution is 8.18. The lowest BCUT2D eigenvalue weighted by Crippen LogP contribution is -2.44. The zero-order chi connectivity index (χ0) is 20.2. The monoisotopic (exact) mass is 409 g/mol. The highest BCUT2D eigenvalue weighted by atomic mass is 32.2. The molecule has 1 aromatic heterocycles. The maximum Gasteiger partial charge on any atom is 0.286 e. The molecule has 6 nitrogen and oxygen atoms in total. The van der Waals surface area contributed by atoms with Gasteiger partial charge in [-0.15, -0.1) is 0 Å². The number of aryl methyl sites for hydroxylation is 2. The summed E-state index contributed by atoms with van der Waals surface area (Å²) in [4.78, 5) is 19.9. The number of amidine groups is 1. The summed E-state index contributed by atoms with van der Waals surface area (Å²) in [7, 11) is 0. The summed E-state index contributed by atoms with van der Waals surface area (Å²) in [5.41, 5.74) is 5.02. The minimum atomic E-state index is -0.188. The smallest absolute Gasteiger partial charge is 0.286 e. The van der Waals surface area contributed by atoms with Gasteiger partial charge in [-0.05, 0) is 62.1 Å². The van der Waals surface area contributed by atoms with E-state index in [2.05, 4.69) is 39.3 Å². The number of likely N-dealkylation sites (tertiary alicyclic amines) is 1. The minimum absolute atomic E-state index is 0.176. The molecule has 1 saturated heterocycles. The van der Waals surface area contributed by atoms with Crippen LogP contribution in [0.2, 0.25) is 0 Å². The number of carbonyl (C=O) groups excluding carboxylic acids is 1. The molecule has 5 rings (SSSR count). The van der Waals surface area contributed by atoms with Crippen molar-refractivity contribution >= 4 is 28.4 Å². The van der Waals surface area contributed by atoms with Gasteiger partial charge in [0.05, 0.1) is 22.8 Å². The second-order valence-corrected chi connectivity index (χ2v) is 8.86. The van der Waals surface area contributed by atoms with E-state index in [1.54, 1.807) is 0 Å². The van der Waals surface area contributed by atoms with Crippen molar-refractivity contribution in [1.82, 2.24) is 10.1 Å². The summed E-state index contributed by atoms with van der Waals surface area (Å²) in [6, 6.07) is 8.50. The number of benzene rings is 1. The highest BCUT2D eigenvalue weighted by Crippen LogP contribution is 2.45. The van der Waals surface area contributed by atoms with Crippen LogP contribution in [0.25, 0.3) is 5.57 Å². The Bertz CT molecular complexity index is 1040. The van der Waals surface area contributed by atoms with Gasteiger partial charge in [-0.3, -0.25) is 4.79 Å². The van der Waals surface area contributed by atoms with Crippen molar-refractivity contribution in [2.75, 3.05) is 13.1 Å². The summed E-state index contributed by atoms with van der Waals surface area (Å²) in [5, 5.41) is 4.80. The molecule has 0 unspecified atom stereocenters. The number of hydrogen-bond acceptors (Lipinski definition) is 6. The quantitative estimate of drug-likeness (QED) is 0.659. The Morgan fingerprint density at radius 1 is 1.21 bits per heavy atom. The first-order valence-corrected chi connectivity index (χ1v) is 10.7. The van der Waals surface area contributed by atoms with Crippen molar-refractivity contribution in [3.8, 4) is 0 Å². The number of fused-ring (bicyclic) bond motifs is 2. The molecule has 0 atom stereocenters. The number of aromatic nitrogens is 1. The molecule has 4 heterocycles. The van der Waals surface area contributed by atoms with Gasteiger partial charge < -0.3 is 14.2 Å². The van der Waals surface area contributed by atoms with Gasteiger partial charge in [-0.1, -0.05) is 29.4 Å². The molecule has 1 fully saturated rings. The normalized spacial score (nSPS) is 22.2. The van der Waals surface area contributed by atoms with Crippen molar-refractivity contribution in [3.63, 3.8) is 0 Å². The van der Waals surface area contributed by atoms with Crippen LogP contribution >= 0.6 is 11.8 Å². The van der Waals surface area contributed by atoms with Crippen LogP contribution in [0.15, 0.2) is 38.7 Å². The number of piperidine rings is 1. The lowest BCUT2D eigenvalue weighted by Gasteiger charge is -2.39. The molecule has 2 aromatic rings. The fraction of sp³-hybridized carbons (Fsp3) is 0.409. The minimum Gasteiger partial charge on any atom is -0.365 e. The van der Waals surface area contributed by atoms with Gasteiger partial charge in [0.25, 0.3) is 5.91 Å². The number of thioether (sulfide) groups is 1. The van der Waals surface area contributed by atoms with Crippen LogP contribution in [0.5, 0.6) is 0 Å². The number of nitrogens with zero attached hydrogens (tertiary/aromatic N) is 3. The molecule has 0 bridgehead atoms. The third-order valence-corrected chi connectivity index (χ3v) is 7.40. The van der Waals surface area contributed by atoms with E-state index in [1.165, 1.54) is 22.9 Å². The first-order chi connectivity index (χ1) is 14.0. The molecule has 29 heavy (non-hydrogen) atoms. The van der Waals surface area contributed by atoms with Crippen LogP contribution in [-0.4, -0.2) is 34.2 Å². The average Bonchev–Trinajstić information content (AvgIpc) is 3.39. The number of aliphatic imine (C=N–C) groups is 1. The van der Waals surface area contributed by atoms with Crippen molar-refractivity contribution in [1.29, 1.82) is 0 Å². The number of amides is 1. The Kier molecular flexibility index (Phi) is 4.40. The molecule has 0 N–H and O–H groups in total. The van der Waals surface area contributed by atoms with Crippen LogP contribution in [0, 0.1) is 13.8 Å². The van der Waals surface area contributed by atoms with E-state index in [4.69, 9.17) is 9.26 Å². The molecule has 1 spiro atoms. The zero-order valence-electron chi connectivity index (χ0n) is 16.8. The zero-order valence-corrected chi connectivity index (χ0v) is 17.6. The van der Waals surface area contributed by atoms with Crippen LogP contribution in [0.3, 0.4) is 0 Å². The Labute approximate surface area is 174 Å². The van der Waals surface area contributed by atoms with Crippen molar-refractivity contribution in [2.45, 2.75) is 45.8 Å². The van der Waals surface area contributed by atoms with E-state index in [-0.39, 0.29) is 11.5 Å². The SMILES string of the molecule is C/C(=C1/SC(N2CCC3(CC2)OCc2ccccc23)=NC1=O)c1c(C)noc1C. The average molecular weight is 410 g/mol. The van der Waals surface area contributed by atoms with Crippen LogP contribution in [-0.2, 0) is 21.7 Å². The highest BCUT2D eigenvalue weighted by Gasteiger charge is 2.43.